The summed E-state index contributed by atoms with van der Waals surface area (Å²) in [4.78, 5) is 36.0. The normalized spacial score (nSPS) is 15.8. The number of amides is 1. The van der Waals surface area contributed by atoms with Crippen LogP contribution < -0.4 is 5.69 Å². The molecule has 0 spiro atoms. The van der Waals surface area contributed by atoms with Crippen molar-refractivity contribution in [3.05, 3.63) is 28.0 Å². The Morgan fingerprint density at radius 2 is 2.19 bits per heavy atom. The fourth-order valence-electron chi connectivity index (χ4n) is 2.84. The summed E-state index contributed by atoms with van der Waals surface area (Å²) in [6, 6.07) is 0.0908. The lowest BCUT2D eigenvalue weighted by molar-refractivity contribution is -0.133. The molecule has 0 bridgehead atoms. The second-order valence-electron chi connectivity index (χ2n) is 5.69. The molecule has 26 heavy (non-hydrogen) atoms. The van der Waals surface area contributed by atoms with E-state index in [2.05, 4.69) is 25.4 Å². The fraction of sp³-hybridized carbons (Fsp3) is 0.571. The Morgan fingerprint density at radius 1 is 1.46 bits per heavy atom. The highest BCUT2D eigenvalue weighted by atomic mass is 16.5. The van der Waals surface area contributed by atoms with Gasteiger partial charge in [-0.1, -0.05) is 0 Å². The zero-order valence-corrected chi connectivity index (χ0v) is 14.5. The summed E-state index contributed by atoms with van der Waals surface area (Å²) < 4.78 is 7.15. The number of hydrogen-bond acceptors (Lipinski definition) is 7. The van der Waals surface area contributed by atoms with E-state index in [1.165, 1.54) is 0 Å². The second-order valence-corrected chi connectivity index (χ2v) is 5.69. The summed E-state index contributed by atoms with van der Waals surface area (Å²) in [6.45, 7) is 3.20. The van der Waals surface area contributed by atoms with Crippen LogP contribution in [0.4, 0.5) is 0 Å². The van der Waals surface area contributed by atoms with Crippen molar-refractivity contribution in [2.75, 3.05) is 13.7 Å². The molecule has 12 heteroatoms. The summed E-state index contributed by atoms with van der Waals surface area (Å²) in [7, 11) is 1.62. The highest BCUT2D eigenvalue weighted by molar-refractivity contribution is 5.76. The smallest absolute Gasteiger partial charge is 0.340 e. The van der Waals surface area contributed by atoms with Gasteiger partial charge in [0.05, 0.1) is 12.6 Å². The maximum atomic E-state index is 12.4. The van der Waals surface area contributed by atoms with Crippen LogP contribution in [0.5, 0.6) is 0 Å². The van der Waals surface area contributed by atoms with Crippen molar-refractivity contribution in [2.45, 2.75) is 39.0 Å². The van der Waals surface area contributed by atoms with Crippen molar-refractivity contribution in [1.29, 1.82) is 0 Å². The molecular formula is C14H21N7O5. The third-order valence-electron chi connectivity index (χ3n) is 3.85. The SMILES string of the molecule is COCc1nnc2n1[C@@H](C)CN(C(=O)CCc1n[nH]c(=O)[nH]1)C2.O=CO. The lowest BCUT2D eigenvalue weighted by Gasteiger charge is -2.32. The molecule has 0 saturated carbocycles. The minimum absolute atomic E-state index is 0.00300. The van der Waals surface area contributed by atoms with E-state index in [0.717, 1.165) is 11.6 Å². The molecule has 0 aliphatic carbocycles. The van der Waals surface area contributed by atoms with Crippen molar-refractivity contribution in [1.82, 2.24) is 34.8 Å². The van der Waals surface area contributed by atoms with Gasteiger partial charge in [-0.2, -0.15) is 5.10 Å². The molecule has 0 saturated heterocycles. The molecule has 2 aromatic rings. The zero-order valence-electron chi connectivity index (χ0n) is 14.5. The number of H-pyrrole nitrogens is 2. The van der Waals surface area contributed by atoms with Gasteiger partial charge in [0.25, 0.3) is 6.47 Å². The first-order valence-corrected chi connectivity index (χ1v) is 7.90. The van der Waals surface area contributed by atoms with E-state index in [1.807, 2.05) is 11.5 Å². The average Bonchev–Trinajstić information content (AvgIpc) is 3.20. The van der Waals surface area contributed by atoms with E-state index in [9.17, 15) is 9.59 Å². The topological polar surface area (TPSA) is 159 Å². The van der Waals surface area contributed by atoms with Crippen molar-refractivity contribution >= 4 is 12.4 Å². The summed E-state index contributed by atoms with van der Waals surface area (Å²) in [5, 5.41) is 21.3. The van der Waals surface area contributed by atoms with Gasteiger partial charge in [-0.15, -0.1) is 10.2 Å². The van der Waals surface area contributed by atoms with Crippen LogP contribution in [0, 0.1) is 0 Å². The van der Waals surface area contributed by atoms with E-state index in [4.69, 9.17) is 14.6 Å². The average molecular weight is 367 g/mol. The lowest BCUT2D eigenvalue weighted by atomic mass is 10.2. The molecule has 2 aromatic heterocycles. The number of fused-ring (bicyclic) bond motifs is 1. The highest BCUT2D eigenvalue weighted by Gasteiger charge is 2.28. The van der Waals surface area contributed by atoms with Crippen LogP contribution in [0.3, 0.4) is 0 Å². The van der Waals surface area contributed by atoms with Gasteiger partial charge in [0.1, 0.15) is 12.4 Å². The molecule has 1 aliphatic rings. The number of ether oxygens (including phenoxy) is 1. The van der Waals surface area contributed by atoms with Crippen LogP contribution in [0.2, 0.25) is 0 Å². The maximum absolute atomic E-state index is 12.4. The largest absolute Gasteiger partial charge is 0.483 e. The minimum atomic E-state index is -0.363. The predicted octanol–water partition coefficient (Wildman–Crippen LogP) is -0.927. The molecular weight excluding hydrogens is 346 g/mol. The van der Waals surface area contributed by atoms with Crippen molar-refractivity contribution in [2.24, 2.45) is 0 Å². The summed E-state index contributed by atoms with van der Waals surface area (Å²) in [6.07, 6.45) is 0.677. The quantitative estimate of drug-likeness (QED) is 0.572. The van der Waals surface area contributed by atoms with Crippen molar-refractivity contribution in [3.63, 3.8) is 0 Å². The Balaban J connectivity index is 0.000000758. The van der Waals surface area contributed by atoms with Gasteiger partial charge in [0.2, 0.25) is 5.91 Å². The fourth-order valence-corrected chi connectivity index (χ4v) is 2.84. The first-order valence-electron chi connectivity index (χ1n) is 7.90. The molecule has 1 amide bonds. The number of aromatic amines is 2. The van der Waals surface area contributed by atoms with E-state index in [1.54, 1.807) is 12.0 Å². The van der Waals surface area contributed by atoms with Crippen molar-refractivity contribution < 1.29 is 19.4 Å². The molecule has 3 rings (SSSR count). The van der Waals surface area contributed by atoms with Crippen LogP contribution in [-0.2, 0) is 33.9 Å². The van der Waals surface area contributed by atoms with Crippen LogP contribution in [0.25, 0.3) is 0 Å². The van der Waals surface area contributed by atoms with Crippen LogP contribution in [-0.4, -0.2) is 66.0 Å². The van der Waals surface area contributed by atoms with Gasteiger partial charge in [0, 0.05) is 26.5 Å². The molecule has 1 atom stereocenters. The van der Waals surface area contributed by atoms with E-state index >= 15 is 0 Å². The summed E-state index contributed by atoms with van der Waals surface area (Å²) >= 11 is 0. The summed E-state index contributed by atoms with van der Waals surface area (Å²) in [5.74, 6) is 2.02. The Morgan fingerprint density at radius 3 is 2.81 bits per heavy atom. The lowest BCUT2D eigenvalue weighted by Crippen LogP contribution is -2.41. The highest BCUT2D eigenvalue weighted by Crippen LogP contribution is 2.22. The molecule has 0 unspecified atom stereocenters. The molecule has 0 fully saturated rings. The Labute approximate surface area is 148 Å². The number of carboxylic acid groups (broad SMARTS) is 1. The van der Waals surface area contributed by atoms with Crippen LogP contribution >= 0.6 is 0 Å². The molecule has 12 nitrogen and oxygen atoms in total. The number of aryl methyl sites for hydroxylation is 1. The number of rotatable bonds is 5. The minimum Gasteiger partial charge on any atom is -0.483 e. The predicted molar refractivity (Wildman–Crippen MR) is 87.1 cm³/mol. The maximum Gasteiger partial charge on any atom is 0.340 e. The number of carbonyl (C=O) groups is 2. The van der Waals surface area contributed by atoms with Gasteiger partial charge < -0.3 is 19.3 Å². The van der Waals surface area contributed by atoms with Gasteiger partial charge in [0.15, 0.2) is 11.6 Å². The number of aromatic nitrogens is 6. The number of hydrogen-bond donors (Lipinski definition) is 3. The molecule has 142 valence electrons. The van der Waals surface area contributed by atoms with Gasteiger partial charge in [-0.05, 0) is 6.92 Å². The van der Waals surface area contributed by atoms with E-state index < -0.39 is 0 Å². The van der Waals surface area contributed by atoms with Gasteiger partial charge in [-0.3, -0.25) is 14.6 Å². The van der Waals surface area contributed by atoms with E-state index in [0.29, 0.717) is 31.9 Å². The molecule has 3 N–H and O–H groups in total. The second kappa shape index (κ2) is 8.89. The van der Waals surface area contributed by atoms with Crippen LogP contribution in [0.1, 0.15) is 36.9 Å². The third-order valence-corrected chi connectivity index (χ3v) is 3.85. The number of methoxy groups -OCH3 is 1. The van der Waals surface area contributed by atoms with E-state index in [-0.39, 0.29) is 30.5 Å². The Bertz CT molecular complexity index is 796. The molecule has 0 aromatic carbocycles. The van der Waals surface area contributed by atoms with Gasteiger partial charge in [-0.25, -0.2) is 9.89 Å². The Hall–Kier alpha value is -3.02. The van der Waals surface area contributed by atoms with Crippen molar-refractivity contribution in [3.8, 4) is 0 Å². The number of nitrogens with zero attached hydrogens (tertiary/aromatic N) is 5. The molecule has 3 heterocycles. The first kappa shape index (κ1) is 19.3. The number of nitrogens with one attached hydrogen (secondary N) is 2. The van der Waals surface area contributed by atoms with Crippen LogP contribution in [0.15, 0.2) is 4.79 Å². The first-order chi connectivity index (χ1) is 12.5. The zero-order chi connectivity index (χ0) is 19.1. The monoisotopic (exact) mass is 367 g/mol. The standard InChI is InChI=1S/C13H19N7O3.CH2O2/c1-8-5-19(6-10-16-17-11(7-23-2)20(8)10)12(21)4-3-9-14-13(22)18-15-9;2-1-3/h8H,3-7H2,1-2H3,(H2,14,15,18,22);1H,(H,2,3)/t8-;/m0./s1. The number of carbonyl (C=O) groups excluding carboxylic acids is 1. The Kier molecular flexibility index (Phi) is 6.60. The molecule has 0 radical (unpaired) electrons. The third kappa shape index (κ3) is 4.53. The summed E-state index contributed by atoms with van der Waals surface area (Å²) in [5.41, 5.74) is -0.363. The molecule has 1 aliphatic heterocycles. The van der Waals surface area contributed by atoms with Gasteiger partial charge >= 0.3 is 5.69 Å².